The number of para-hydroxylation sites is 1. The number of hydrogen-bond acceptors (Lipinski definition) is 4. The van der Waals surface area contributed by atoms with Crippen molar-refractivity contribution >= 4 is 17.5 Å². The summed E-state index contributed by atoms with van der Waals surface area (Å²) in [6.45, 7) is 0.405. The third kappa shape index (κ3) is 3.79. The monoisotopic (exact) mass is 277 g/mol. The van der Waals surface area contributed by atoms with Gasteiger partial charge in [-0.2, -0.15) is 0 Å². The van der Waals surface area contributed by atoms with Gasteiger partial charge in [-0.1, -0.05) is 18.2 Å². The molecule has 0 spiro atoms. The number of aliphatic hydroxyl groups is 1. The van der Waals surface area contributed by atoms with Crippen LogP contribution in [0.1, 0.15) is 6.42 Å². The van der Waals surface area contributed by atoms with Crippen molar-refractivity contribution in [2.75, 3.05) is 25.5 Å². The SMILES string of the molecule is CN(CC(=O)Nc1ccccc1)C(=O)C1CC(O)CN1. The van der Waals surface area contributed by atoms with Crippen LogP contribution in [0.15, 0.2) is 30.3 Å². The molecule has 20 heavy (non-hydrogen) atoms. The van der Waals surface area contributed by atoms with E-state index in [1.165, 1.54) is 4.90 Å². The number of aliphatic hydroxyl groups excluding tert-OH is 1. The summed E-state index contributed by atoms with van der Waals surface area (Å²) in [4.78, 5) is 25.3. The van der Waals surface area contributed by atoms with Gasteiger partial charge in [0, 0.05) is 19.3 Å². The summed E-state index contributed by atoms with van der Waals surface area (Å²) in [5, 5.41) is 15.1. The number of nitrogens with zero attached hydrogens (tertiary/aromatic N) is 1. The van der Waals surface area contributed by atoms with Crippen molar-refractivity contribution in [3.63, 3.8) is 0 Å². The highest BCUT2D eigenvalue weighted by atomic mass is 16.3. The van der Waals surface area contributed by atoms with Gasteiger partial charge >= 0.3 is 0 Å². The lowest BCUT2D eigenvalue weighted by Crippen LogP contribution is -2.44. The number of carbonyl (C=O) groups excluding carboxylic acids is 2. The van der Waals surface area contributed by atoms with Crippen LogP contribution in [-0.4, -0.2) is 54.1 Å². The zero-order chi connectivity index (χ0) is 14.5. The summed E-state index contributed by atoms with van der Waals surface area (Å²) >= 11 is 0. The lowest BCUT2D eigenvalue weighted by molar-refractivity contribution is -0.134. The first-order valence-electron chi connectivity index (χ1n) is 6.57. The number of carbonyl (C=O) groups is 2. The predicted octanol–water partition coefficient (Wildman–Crippen LogP) is -0.194. The van der Waals surface area contributed by atoms with E-state index >= 15 is 0 Å². The Labute approximate surface area is 117 Å². The van der Waals surface area contributed by atoms with Crippen molar-refractivity contribution in [3.8, 4) is 0 Å². The molecule has 2 rings (SSSR count). The molecule has 0 radical (unpaired) electrons. The van der Waals surface area contributed by atoms with Gasteiger partial charge in [-0.05, 0) is 18.6 Å². The smallest absolute Gasteiger partial charge is 0.243 e. The number of rotatable bonds is 4. The van der Waals surface area contributed by atoms with Gasteiger partial charge in [0.1, 0.15) is 0 Å². The zero-order valence-electron chi connectivity index (χ0n) is 11.4. The summed E-state index contributed by atoms with van der Waals surface area (Å²) in [5.74, 6) is -0.421. The van der Waals surface area contributed by atoms with Gasteiger partial charge in [-0.15, -0.1) is 0 Å². The Morgan fingerprint density at radius 1 is 1.40 bits per heavy atom. The lowest BCUT2D eigenvalue weighted by atomic mass is 10.2. The maximum atomic E-state index is 12.1. The van der Waals surface area contributed by atoms with Gasteiger partial charge in [0.05, 0.1) is 18.7 Å². The second-order valence-electron chi connectivity index (χ2n) is 4.96. The summed E-state index contributed by atoms with van der Waals surface area (Å²) < 4.78 is 0. The highest BCUT2D eigenvalue weighted by Gasteiger charge is 2.30. The summed E-state index contributed by atoms with van der Waals surface area (Å²) in [7, 11) is 1.58. The molecule has 3 N–H and O–H groups in total. The second-order valence-corrected chi connectivity index (χ2v) is 4.96. The van der Waals surface area contributed by atoms with Crippen molar-refractivity contribution < 1.29 is 14.7 Å². The number of anilines is 1. The molecular formula is C14H19N3O3. The van der Waals surface area contributed by atoms with E-state index in [1.54, 1.807) is 19.2 Å². The van der Waals surface area contributed by atoms with E-state index in [0.717, 1.165) is 0 Å². The van der Waals surface area contributed by atoms with Crippen LogP contribution in [-0.2, 0) is 9.59 Å². The van der Waals surface area contributed by atoms with Crippen LogP contribution in [0.4, 0.5) is 5.69 Å². The number of benzene rings is 1. The van der Waals surface area contributed by atoms with E-state index in [2.05, 4.69) is 10.6 Å². The minimum Gasteiger partial charge on any atom is -0.392 e. The number of amides is 2. The standard InChI is InChI=1S/C14H19N3O3/c1-17(14(20)12-7-11(18)8-15-12)9-13(19)16-10-5-3-2-4-6-10/h2-6,11-12,15,18H,7-9H2,1H3,(H,16,19). The number of hydrogen-bond donors (Lipinski definition) is 3. The molecule has 1 aromatic rings. The topological polar surface area (TPSA) is 81.7 Å². The molecule has 2 amide bonds. The van der Waals surface area contributed by atoms with Crippen LogP contribution < -0.4 is 10.6 Å². The largest absolute Gasteiger partial charge is 0.392 e. The van der Waals surface area contributed by atoms with Crippen LogP contribution in [0.5, 0.6) is 0 Å². The predicted molar refractivity (Wildman–Crippen MR) is 75.1 cm³/mol. The Balaban J connectivity index is 1.83. The molecule has 0 aromatic heterocycles. The number of likely N-dealkylation sites (N-methyl/N-ethyl adjacent to an activating group) is 1. The molecule has 1 aromatic carbocycles. The lowest BCUT2D eigenvalue weighted by Gasteiger charge is -2.20. The fourth-order valence-electron chi connectivity index (χ4n) is 2.19. The zero-order valence-corrected chi connectivity index (χ0v) is 11.4. The molecule has 6 nitrogen and oxygen atoms in total. The van der Waals surface area contributed by atoms with Crippen LogP contribution in [0.2, 0.25) is 0 Å². The minimum absolute atomic E-state index is 0.0119. The molecule has 1 heterocycles. The summed E-state index contributed by atoms with van der Waals surface area (Å²) in [5.41, 5.74) is 0.702. The molecule has 6 heteroatoms. The molecule has 0 bridgehead atoms. The molecule has 108 valence electrons. The van der Waals surface area contributed by atoms with Gasteiger partial charge in [0.25, 0.3) is 0 Å². The third-order valence-corrected chi connectivity index (χ3v) is 3.22. The molecular weight excluding hydrogens is 258 g/mol. The molecule has 2 unspecified atom stereocenters. The fourth-order valence-corrected chi connectivity index (χ4v) is 2.19. The molecule has 1 aliphatic rings. The molecule has 0 aliphatic carbocycles. The Morgan fingerprint density at radius 2 is 2.10 bits per heavy atom. The van der Waals surface area contributed by atoms with E-state index in [0.29, 0.717) is 18.7 Å². The van der Waals surface area contributed by atoms with E-state index in [-0.39, 0.29) is 18.4 Å². The minimum atomic E-state index is -0.490. The molecule has 1 aliphatic heterocycles. The molecule has 2 atom stereocenters. The normalized spacial score (nSPS) is 21.5. The van der Waals surface area contributed by atoms with Gasteiger partial charge in [0.2, 0.25) is 11.8 Å². The maximum absolute atomic E-state index is 12.1. The summed E-state index contributed by atoms with van der Waals surface area (Å²) in [6, 6.07) is 8.69. The molecule has 1 fully saturated rings. The Bertz CT molecular complexity index is 478. The van der Waals surface area contributed by atoms with Crippen molar-refractivity contribution in [2.24, 2.45) is 0 Å². The quantitative estimate of drug-likeness (QED) is 0.712. The first kappa shape index (κ1) is 14.5. The van der Waals surface area contributed by atoms with E-state index in [1.807, 2.05) is 18.2 Å². The van der Waals surface area contributed by atoms with E-state index in [9.17, 15) is 14.7 Å². The Morgan fingerprint density at radius 3 is 2.70 bits per heavy atom. The van der Waals surface area contributed by atoms with Gasteiger partial charge < -0.3 is 20.6 Å². The molecule has 1 saturated heterocycles. The van der Waals surface area contributed by atoms with E-state index < -0.39 is 12.1 Å². The van der Waals surface area contributed by atoms with Crippen LogP contribution in [0.3, 0.4) is 0 Å². The fraction of sp³-hybridized carbons (Fsp3) is 0.429. The number of β-amino-alcohol motifs (C(OH)–C–C–N with tert-alkyl or cyclic N) is 1. The Hall–Kier alpha value is -1.92. The third-order valence-electron chi connectivity index (χ3n) is 3.22. The van der Waals surface area contributed by atoms with E-state index in [4.69, 9.17) is 0 Å². The van der Waals surface area contributed by atoms with Crippen LogP contribution in [0.25, 0.3) is 0 Å². The van der Waals surface area contributed by atoms with Crippen molar-refractivity contribution in [1.82, 2.24) is 10.2 Å². The number of nitrogens with one attached hydrogen (secondary N) is 2. The van der Waals surface area contributed by atoms with Crippen LogP contribution >= 0.6 is 0 Å². The van der Waals surface area contributed by atoms with Crippen LogP contribution in [0, 0.1) is 0 Å². The van der Waals surface area contributed by atoms with Crippen molar-refractivity contribution in [1.29, 1.82) is 0 Å². The maximum Gasteiger partial charge on any atom is 0.243 e. The first-order chi connectivity index (χ1) is 9.56. The van der Waals surface area contributed by atoms with Gasteiger partial charge in [-0.25, -0.2) is 0 Å². The van der Waals surface area contributed by atoms with Gasteiger partial charge in [-0.3, -0.25) is 9.59 Å². The average Bonchev–Trinajstić information content (AvgIpc) is 2.85. The first-order valence-corrected chi connectivity index (χ1v) is 6.57. The second kappa shape index (κ2) is 6.49. The highest BCUT2D eigenvalue weighted by molar-refractivity contribution is 5.95. The van der Waals surface area contributed by atoms with Crippen molar-refractivity contribution in [2.45, 2.75) is 18.6 Å². The summed E-state index contributed by atoms with van der Waals surface area (Å²) in [6.07, 6.45) is -0.0979. The highest BCUT2D eigenvalue weighted by Crippen LogP contribution is 2.09. The average molecular weight is 277 g/mol. The van der Waals surface area contributed by atoms with Crippen molar-refractivity contribution in [3.05, 3.63) is 30.3 Å². The Kier molecular flexibility index (Phi) is 4.70. The van der Waals surface area contributed by atoms with Gasteiger partial charge in [0.15, 0.2) is 0 Å². The molecule has 0 saturated carbocycles.